The fraction of sp³-hybridized carbons (Fsp3) is 0.211. The zero-order valence-corrected chi connectivity index (χ0v) is 28.7. The van der Waals surface area contributed by atoms with Crippen molar-refractivity contribution in [2.45, 2.75) is 51.4 Å². The minimum Gasteiger partial charge on any atom is -0.423 e. The summed E-state index contributed by atoms with van der Waals surface area (Å²) in [6, 6.07) is 26.7. The van der Waals surface area contributed by atoms with Gasteiger partial charge in [0.15, 0.2) is 0 Å². The van der Waals surface area contributed by atoms with E-state index in [1.807, 2.05) is 0 Å². The molecule has 2 N–H and O–H groups in total. The summed E-state index contributed by atoms with van der Waals surface area (Å²) < 4.78 is 10.7. The smallest absolute Gasteiger partial charge is 0.345 e. The highest BCUT2D eigenvalue weighted by Gasteiger charge is 2.13. The molecule has 0 aromatic heterocycles. The number of nitrogens with zero attached hydrogens (tertiary/aromatic N) is 2. The quantitative estimate of drug-likeness (QED) is 0.0373. The first-order chi connectivity index (χ1) is 24.3. The first-order valence-electron chi connectivity index (χ1n) is 16.1. The Labute approximate surface area is 300 Å². The first-order valence-corrected chi connectivity index (χ1v) is 16.8. The Balaban J connectivity index is 1.00. The Morgan fingerprint density at radius 2 is 0.880 bits per heavy atom. The van der Waals surface area contributed by atoms with Crippen LogP contribution in [0.25, 0.3) is 0 Å². The molecule has 0 saturated heterocycles. The number of carbonyl (C=O) groups excluding carboxylic acids is 4. The lowest BCUT2D eigenvalue weighted by molar-refractivity contribution is -0.122. The lowest BCUT2D eigenvalue weighted by Gasteiger charge is -2.06. The van der Waals surface area contributed by atoms with Crippen LogP contribution >= 0.6 is 23.2 Å². The number of esters is 2. The van der Waals surface area contributed by atoms with E-state index < -0.39 is 11.9 Å². The van der Waals surface area contributed by atoms with E-state index in [9.17, 15) is 19.2 Å². The summed E-state index contributed by atoms with van der Waals surface area (Å²) in [4.78, 5) is 48.8. The van der Waals surface area contributed by atoms with Gasteiger partial charge in [-0.2, -0.15) is 10.2 Å². The van der Waals surface area contributed by atoms with E-state index in [2.05, 4.69) is 21.1 Å². The van der Waals surface area contributed by atoms with Gasteiger partial charge in [-0.25, -0.2) is 20.4 Å². The van der Waals surface area contributed by atoms with Crippen LogP contribution in [-0.2, 0) is 9.59 Å². The molecular weight excluding hydrogens is 679 g/mol. The van der Waals surface area contributed by atoms with Crippen LogP contribution in [0.15, 0.2) is 107 Å². The number of hydrazone groups is 2. The van der Waals surface area contributed by atoms with Crippen molar-refractivity contribution in [3.05, 3.63) is 129 Å². The Morgan fingerprint density at radius 3 is 1.26 bits per heavy atom. The predicted octanol–water partition coefficient (Wildman–Crippen LogP) is 8.15. The van der Waals surface area contributed by atoms with Crippen LogP contribution in [0.5, 0.6) is 11.5 Å². The standard InChI is InChI=1S/C38H36Cl2N4O6/c39-33-13-9-7-11-31(33)37(47)49-29-21-17-27(18-22-29)25-41-43-35(45)15-5-3-1-2-4-6-16-36(46)44-42-26-28-19-23-30(24-20-28)50-38(48)32-12-8-10-14-34(32)40/h7-14,17-26H,1-6,15-16H2,(H,43,45)(H,44,46). The van der Waals surface area contributed by atoms with Gasteiger partial charge in [0.25, 0.3) is 0 Å². The lowest BCUT2D eigenvalue weighted by atomic mass is 10.1. The fourth-order valence-electron chi connectivity index (χ4n) is 4.57. The topological polar surface area (TPSA) is 136 Å². The largest absolute Gasteiger partial charge is 0.423 e. The Morgan fingerprint density at radius 1 is 0.520 bits per heavy atom. The Kier molecular flexibility index (Phi) is 15.2. The van der Waals surface area contributed by atoms with Gasteiger partial charge in [0.05, 0.1) is 33.6 Å². The zero-order chi connectivity index (χ0) is 35.6. The molecular formula is C38H36Cl2N4O6. The maximum Gasteiger partial charge on any atom is 0.345 e. The number of nitrogens with one attached hydrogen (secondary N) is 2. The highest BCUT2D eigenvalue weighted by atomic mass is 35.5. The average Bonchev–Trinajstić information content (AvgIpc) is 3.11. The Bertz CT molecular complexity index is 1680. The molecule has 258 valence electrons. The highest BCUT2D eigenvalue weighted by Crippen LogP contribution is 2.20. The normalized spacial score (nSPS) is 11.0. The SMILES string of the molecule is O=C(CCCCCCCCC(=O)NN=Cc1ccc(OC(=O)c2ccccc2Cl)cc1)NN=Cc1ccc(OC(=O)c2ccccc2Cl)cc1. The molecule has 0 fully saturated rings. The van der Waals surface area contributed by atoms with Crippen molar-refractivity contribution in [1.82, 2.24) is 10.9 Å². The predicted molar refractivity (Wildman–Crippen MR) is 194 cm³/mol. The van der Waals surface area contributed by atoms with E-state index in [1.54, 1.807) is 97.1 Å². The third-order valence-electron chi connectivity index (χ3n) is 7.23. The van der Waals surface area contributed by atoms with Crippen molar-refractivity contribution in [2.75, 3.05) is 0 Å². The molecule has 0 atom stereocenters. The van der Waals surface area contributed by atoms with Gasteiger partial charge in [0, 0.05) is 12.8 Å². The first kappa shape index (κ1) is 37.5. The number of halogens is 2. The minimum atomic E-state index is -0.547. The van der Waals surface area contributed by atoms with E-state index in [4.69, 9.17) is 32.7 Å². The summed E-state index contributed by atoms with van der Waals surface area (Å²) in [7, 11) is 0. The van der Waals surface area contributed by atoms with E-state index in [-0.39, 0.29) is 22.9 Å². The molecule has 2 amide bonds. The molecule has 12 heteroatoms. The average molecular weight is 716 g/mol. The summed E-state index contributed by atoms with van der Waals surface area (Å²) in [6.45, 7) is 0. The minimum absolute atomic E-state index is 0.170. The monoisotopic (exact) mass is 714 g/mol. The maximum atomic E-state index is 12.3. The van der Waals surface area contributed by atoms with Crippen molar-refractivity contribution in [2.24, 2.45) is 10.2 Å². The number of ether oxygens (including phenoxy) is 2. The molecule has 0 radical (unpaired) electrons. The third kappa shape index (κ3) is 12.9. The fourth-order valence-corrected chi connectivity index (χ4v) is 4.99. The van der Waals surface area contributed by atoms with Crippen molar-refractivity contribution in [3.63, 3.8) is 0 Å². The van der Waals surface area contributed by atoms with Gasteiger partial charge >= 0.3 is 11.9 Å². The molecule has 4 aromatic rings. The molecule has 10 nitrogen and oxygen atoms in total. The van der Waals surface area contributed by atoms with Crippen LogP contribution in [0.4, 0.5) is 0 Å². The number of carbonyl (C=O) groups is 4. The summed E-state index contributed by atoms with van der Waals surface area (Å²) in [5.74, 6) is -0.709. The third-order valence-corrected chi connectivity index (χ3v) is 7.89. The van der Waals surface area contributed by atoms with Crippen molar-refractivity contribution in [3.8, 4) is 11.5 Å². The van der Waals surface area contributed by atoms with Gasteiger partial charge in [0.2, 0.25) is 11.8 Å². The van der Waals surface area contributed by atoms with Crippen LogP contribution < -0.4 is 20.3 Å². The highest BCUT2D eigenvalue weighted by molar-refractivity contribution is 6.34. The molecule has 4 rings (SSSR count). The van der Waals surface area contributed by atoms with Gasteiger partial charge < -0.3 is 9.47 Å². The van der Waals surface area contributed by atoms with E-state index >= 15 is 0 Å². The molecule has 50 heavy (non-hydrogen) atoms. The van der Waals surface area contributed by atoms with E-state index in [0.717, 1.165) is 49.7 Å². The van der Waals surface area contributed by atoms with Crippen LogP contribution in [0.1, 0.15) is 83.2 Å². The second-order valence-electron chi connectivity index (χ2n) is 11.1. The molecule has 0 aliphatic heterocycles. The maximum absolute atomic E-state index is 12.3. The van der Waals surface area contributed by atoms with Gasteiger partial charge in [0.1, 0.15) is 11.5 Å². The summed E-state index contributed by atoms with van der Waals surface area (Å²) in [5, 5.41) is 8.62. The van der Waals surface area contributed by atoms with Gasteiger partial charge in [-0.3, -0.25) is 9.59 Å². The van der Waals surface area contributed by atoms with Crippen LogP contribution in [-0.4, -0.2) is 36.2 Å². The molecule has 0 saturated carbocycles. The van der Waals surface area contributed by atoms with Crippen LogP contribution in [0, 0.1) is 0 Å². The van der Waals surface area contributed by atoms with Gasteiger partial charge in [-0.15, -0.1) is 0 Å². The number of unbranched alkanes of at least 4 members (excludes halogenated alkanes) is 5. The molecule has 0 aliphatic carbocycles. The summed E-state index contributed by atoms with van der Waals surface area (Å²) in [6.07, 6.45) is 8.99. The van der Waals surface area contributed by atoms with Crippen molar-refractivity contribution in [1.29, 1.82) is 0 Å². The number of hydrogen-bond acceptors (Lipinski definition) is 8. The molecule has 0 aliphatic rings. The lowest BCUT2D eigenvalue weighted by Crippen LogP contribution is -2.17. The van der Waals surface area contributed by atoms with E-state index in [0.29, 0.717) is 34.4 Å². The molecule has 0 spiro atoms. The van der Waals surface area contributed by atoms with Crippen LogP contribution in [0.2, 0.25) is 10.0 Å². The number of hydrogen-bond donors (Lipinski definition) is 2. The summed E-state index contributed by atoms with van der Waals surface area (Å²) >= 11 is 12.1. The number of benzene rings is 4. The second kappa shape index (κ2) is 20.3. The van der Waals surface area contributed by atoms with Crippen molar-refractivity contribution < 1.29 is 28.7 Å². The second-order valence-corrected chi connectivity index (χ2v) is 11.9. The number of amides is 2. The van der Waals surface area contributed by atoms with Gasteiger partial charge in [-0.05, 0) is 96.8 Å². The molecule has 4 aromatic carbocycles. The van der Waals surface area contributed by atoms with Gasteiger partial charge in [-0.1, -0.05) is 73.2 Å². The summed E-state index contributed by atoms with van der Waals surface area (Å²) in [5.41, 5.74) is 7.07. The molecule has 0 bridgehead atoms. The molecule has 0 unspecified atom stereocenters. The molecule has 0 heterocycles. The van der Waals surface area contributed by atoms with Crippen LogP contribution in [0.3, 0.4) is 0 Å². The number of rotatable bonds is 17. The Hall–Kier alpha value is -5.32. The van der Waals surface area contributed by atoms with E-state index in [1.165, 1.54) is 12.4 Å². The van der Waals surface area contributed by atoms with Crippen molar-refractivity contribution >= 4 is 59.4 Å². The zero-order valence-electron chi connectivity index (χ0n) is 27.1.